The average molecular weight is 184 g/mol. The van der Waals surface area contributed by atoms with Crippen molar-refractivity contribution in [2.24, 2.45) is 0 Å². The summed E-state index contributed by atoms with van der Waals surface area (Å²) in [5.41, 5.74) is 0.147. The molecule has 1 aromatic rings. The monoisotopic (exact) mass is 184 g/mol. The second-order valence-corrected chi connectivity index (χ2v) is 2.37. The van der Waals surface area contributed by atoms with E-state index in [1.165, 1.54) is 18.2 Å². The molecule has 3 nitrogen and oxygen atoms in total. The standard InChI is InChI=1S/C9H9FO3/c10-8-3-1-2-7(6-8)9(12)13-5-4-11/h1-3,6,11H,4-5H2. The number of ether oxygens (including phenoxy) is 1. The van der Waals surface area contributed by atoms with E-state index in [9.17, 15) is 9.18 Å². The molecular weight excluding hydrogens is 175 g/mol. The fraction of sp³-hybridized carbons (Fsp3) is 0.222. The molecule has 0 aromatic heterocycles. The molecule has 4 heteroatoms. The highest BCUT2D eigenvalue weighted by Crippen LogP contribution is 2.04. The SMILES string of the molecule is O=C(OCCO)c1cccc(F)c1. The van der Waals surface area contributed by atoms with Gasteiger partial charge in [-0.3, -0.25) is 0 Å². The van der Waals surface area contributed by atoms with Crippen LogP contribution in [-0.4, -0.2) is 24.3 Å². The molecule has 70 valence electrons. The van der Waals surface area contributed by atoms with Gasteiger partial charge in [0.1, 0.15) is 12.4 Å². The average Bonchev–Trinajstić information content (AvgIpc) is 2.14. The molecule has 0 spiro atoms. The van der Waals surface area contributed by atoms with Crippen molar-refractivity contribution in [1.82, 2.24) is 0 Å². The molecular formula is C9H9FO3. The molecule has 13 heavy (non-hydrogen) atoms. The van der Waals surface area contributed by atoms with Crippen LogP contribution in [0.2, 0.25) is 0 Å². The van der Waals surface area contributed by atoms with Crippen LogP contribution >= 0.6 is 0 Å². The van der Waals surface area contributed by atoms with Gasteiger partial charge in [0.2, 0.25) is 0 Å². The van der Waals surface area contributed by atoms with E-state index in [0.717, 1.165) is 6.07 Å². The van der Waals surface area contributed by atoms with Gasteiger partial charge in [0.05, 0.1) is 12.2 Å². The topological polar surface area (TPSA) is 46.5 Å². The highest BCUT2D eigenvalue weighted by Gasteiger charge is 2.06. The van der Waals surface area contributed by atoms with Gasteiger partial charge in [-0.15, -0.1) is 0 Å². The third-order valence-corrected chi connectivity index (χ3v) is 1.38. The van der Waals surface area contributed by atoms with Crippen LogP contribution in [-0.2, 0) is 4.74 Å². The third-order valence-electron chi connectivity index (χ3n) is 1.38. The molecule has 0 atom stereocenters. The summed E-state index contributed by atoms with van der Waals surface area (Å²) in [6, 6.07) is 5.19. The molecule has 0 aliphatic heterocycles. The Bertz CT molecular complexity index is 299. The van der Waals surface area contributed by atoms with Crippen molar-refractivity contribution in [1.29, 1.82) is 0 Å². The van der Waals surface area contributed by atoms with Gasteiger partial charge in [-0.05, 0) is 18.2 Å². The van der Waals surface area contributed by atoms with Crippen LogP contribution in [0, 0.1) is 5.82 Å². The van der Waals surface area contributed by atoms with Crippen molar-refractivity contribution < 1.29 is 19.0 Å². The van der Waals surface area contributed by atoms with Crippen molar-refractivity contribution >= 4 is 5.97 Å². The first-order valence-electron chi connectivity index (χ1n) is 3.77. The number of hydrogen-bond donors (Lipinski definition) is 1. The number of esters is 1. The van der Waals surface area contributed by atoms with E-state index >= 15 is 0 Å². The van der Waals surface area contributed by atoms with Gasteiger partial charge in [-0.1, -0.05) is 6.07 Å². The lowest BCUT2D eigenvalue weighted by molar-refractivity contribution is 0.0433. The number of carbonyl (C=O) groups is 1. The van der Waals surface area contributed by atoms with Crippen molar-refractivity contribution in [3.05, 3.63) is 35.6 Å². The molecule has 0 radical (unpaired) electrons. The Labute approximate surface area is 74.8 Å². The fourth-order valence-corrected chi connectivity index (χ4v) is 0.837. The minimum atomic E-state index is -0.631. The van der Waals surface area contributed by atoms with Gasteiger partial charge in [0, 0.05) is 0 Å². The molecule has 0 amide bonds. The van der Waals surface area contributed by atoms with Crippen LogP contribution in [0.15, 0.2) is 24.3 Å². The van der Waals surface area contributed by atoms with Gasteiger partial charge in [-0.25, -0.2) is 9.18 Å². The van der Waals surface area contributed by atoms with Gasteiger partial charge in [-0.2, -0.15) is 0 Å². The van der Waals surface area contributed by atoms with E-state index in [0.29, 0.717) is 0 Å². The lowest BCUT2D eigenvalue weighted by Gasteiger charge is -2.01. The quantitative estimate of drug-likeness (QED) is 0.712. The largest absolute Gasteiger partial charge is 0.460 e. The third kappa shape index (κ3) is 2.83. The van der Waals surface area contributed by atoms with Crippen LogP contribution in [0.4, 0.5) is 4.39 Å². The molecule has 1 rings (SSSR count). The van der Waals surface area contributed by atoms with E-state index in [4.69, 9.17) is 5.11 Å². The van der Waals surface area contributed by atoms with Crippen molar-refractivity contribution in [2.45, 2.75) is 0 Å². The summed E-state index contributed by atoms with van der Waals surface area (Å²) in [6.07, 6.45) is 0. The van der Waals surface area contributed by atoms with Crippen LogP contribution in [0.3, 0.4) is 0 Å². The molecule has 0 saturated heterocycles. The number of aliphatic hydroxyl groups is 1. The van der Waals surface area contributed by atoms with Crippen molar-refractivity contribution in [3.63, 3.8) is 0 Å². The molecule has 1 aromatic carbocycles. The van der Waals surface area contributed by atoms with E-state index < -0.39 is 11.8 Å². The van der Waals surface area contributed by atoms with Gasteiger partial charge < -0.3 is 9.84 Å². The first-order valence-corrected chi connectivity index (χ1v) is 3.77. The first kappa shape index (κ1) is 9.67. The molecule has 0 fully saturated rings. The number of halogens is 1. The highest BCUT2D eigenvalue weighted by molar-refractivity contribution is 5.89. The lowest BCUT2D eigenvalue weighted by Crippen LogP contribution is -2.08. The molecule has 0 aliphatic carbocycles. The van der Waals surface area contributed by atoms with Crippen molar-refractivity contribution in [2.75, 3.05) is 13.2 Å². The minimum Gasteiger partial charge on any atom is -0.460 e. The summed E-state index contributed by atoms with van der Waals surface area (Å²) in [7, 11) is 0. The Morgan fingerprint density at radius 2 is 2.31 bits per heavy atom. The summed E-state index contributed by atoms with van der Waals surface area (Å²) in [6.45, 7) is -0.309. The Kier molecular flexibility index (Phi) is 3.40. The normalized spacial score (nSPS) is 9.69. The zero-order chi connectivity index (χ0) is 9.68. The second kappa shape index (κ2) is 4.57. The number of carbonyl (C=O) groups excluding carboxylic acids is 1. The Morgan fingerprint density at radius 1 is 1.54 bits per heavy atom. The maximum atomic E-state index is 12.6. The fourth-order valence-electron chi connectivity index (χ4n) is 0.837. The molecule has 0 saturated carbocycles. The summed E-state index contributed by atoms with van der Waals surface area (Å²) < 4.78 is 17.2. The lowest BCUT2D eigenvalue weighted by atomic mass is 10.2. The summed E-state index contributed by atoms with van der Waals surface area (Å²) in [5.74, 6) is -1.12. The molecule has 0 aliphatic rings. The Hall–Kier alpha value is -1.42. The van der Waals surface area contributed by atoms with Gasteiger partial charge in [0.15, 0.2) is 0 Å². The molecule has 0 bridgehead atoms. The number of hydrogen-bond acceptors (Lipinski definition) is 3. The smallest absolute Gasteiger partial charge is 0.338 e. The van der Waals surface area contributed by atoms with Crippen LogP contribution in [0.25, 0.3) is 0 Å². The number of rotatable bonds is 3. The van der Waals surface area contributed by atoms with E-state index in [-0.39, 0.29) is 18.8 Å². The van der Waals surface area contributed by atoms with Gasteiger partial charge >= 0.3 is 5.97 Å². The second-order valence-electron chi connectivity index (χ2n) is 2.37. The van der Waals surface area contributed by atoms with Gasteiger partial charge in [0.25, 0.3) is 0 Å². The van der Waals surface area contributed by atoms with E-state index in [1.807, 2.05) is 0 Å². The summed E-state index contributed by atoms with van der Waals surface area (Å²) >= 11 is 0. The molecule has 0 heterocycles. The number of benzene rings is 1. The highest BCUT2D eigenvalue weighted by atomic mass is 19.1. The van der Waals surface area contributed by atoms with Crippen LogP contribution in [0.1, 0.15) is 10.4 Å². The number of aliphatic hydroxyl groups excluding tert-OH is 1. The maximum Gasteiger partial charge on any atom is 0.338 e. The van der Waals surface area contributed by atoms with Crippen LogP contribution < -0.4 is 0 Å². The molecule has 0 unspecified atom stereocenters. The zero-order valence-electron chi connectivity index (χ0n) is 6.87. The van der Waals surface area contributed by atoms with E-state index in [2.05, 4.69) is 4.74 Å². The minimum absolute atomic E-state index is 0.0741. The first-order chi connectivity index (χ1) is 6.24. The Morgan fingerprint density at radius 3 is 2.92 bits per heavy atom. The van der Waals surface area contributed by atoms with Crippen LogP contribution in [0.5, 0.6) is 0 Å². The van der Waals surface area contributed by atoms with E-state index in [1.54, 1.807) is 0 Å². The van der Waals surface area contributed by atoms with Crippen molar-refractivity contribution in [3.8, 4) is 0 Å². The predicted molar refractivity (Wildman–Crippen MR) is 43.8 cm³/mol. The predicted octanol–water partition coefficient (Wildman–Crippen LogP) is 0.975. The zero-order valence-corrected chi connectivity index (χ0v) is 6.87. The molecule has 1 N–H and O–H groups in total. The summed E-state index contributed by atoms with van der Waals surface area (Å²) in [5, 5.41) is 8.37. The summed E-state index contributed by atoms with van der Waals surface area (Å²) in [4.78, 5) is 11.1. The Balaban J connectivity index is 2.66. The maximum absolute atomic E-state index is 12.6.